The van der Waals surface area contributed by atoms with Gasteiger partial charge in [-0.2, -0.15) is 0 Å². The van der Waals surface area contributed by atoms with Crippen LogP contribution in [0.1, 0.15) is 71.1 Å². The third kappa shape index (κ3) is 4.45. The number of carbonyl (C=O) groups is 2. The largest absolute Gasteiger partial charge is 0.481 e. The highest BCUT2D eigenvalue weighted by Crippen LogP contribution is 2.31. The zero-order chi connectivity index (χ0) is 15.2. The van der Waals surface area contributed by atoms with E-state index in [0.717, 1.165) is 19.3 Å². The summed E-state index contributed by atoms with van der Waals surface area (Å²) in [5, 5.41) is 12.4. The molecule has 0 aromatic rings. The van der Waals surface area contributed by atoms with Gasteiger partial charge in [-0.1, -0.05) is 38.5 Å². The van der Waals surface area contributed by atoms with Crippen molar-refractivity contribution in [2.75, 3.05) is 0 Å². The van der Waals surface area contributed by atoms with Crippen LogP contribution in [0.5, 0.6) is 0 Å². The van der Waals surface area contributed by atoms with E-state index in [9.17, 15) is 14.7 Å². The molecule has 2 aliphatic rings. The van der Waals surface area contributed by atoms with Gasteiger partial charge in [0.25, 0.3) is 0 Å². The highest BCUT2D eigenvalue weighted by atomic mass is 16.4. The molecule has 4 heteroatoms. The van der Waals surface area contributed by atoms with Crippen molar-refractivity contribution in [2.45, 2.75) is 77.2 Å². The second kappa shape index (κ2) is 7.81. The zero-order valence-electron chi connectivity index (χ0n) is 13.1. The lowest BCUT2D eigenvalue weighted by Crippen LogP contribution is -2.45. The van der Waals surface area contributed by atoms with E-state index in [1.54, 1.807) is 0 Å². The lowest BCUT2D eigenvalue weighted by atomic mass is 9.78. The zero-order valence-corrected chi connectivity index (χ0v) is 13.1. The maximum Gasteiger partial charge on any atom is 0.307 e. The Balaban J connectivity index is 1.90. The van der Waals surface area contributed by atoms with Crippen molar-refractivity contribution in [3.8, 4) is 0 Å². The molecule has 0 bridgehead atoms. The van der Waals surface area contributed by atoms with Crippen LogP contribution in [0.2, 0.25) is 0 Å². The van der Waals surface area contributed by atoms with Crippen LogP contribution in [0.25, 0.3) is 0 Å². The van der Waals surface area contributed by atoms with Crippen LogP contribution in [-0.4, -0.2) is 23.0 Å². The first kappa shape index (κ1) is 16.3. The SMILES string of the molecule is C[C@@H](NC(=O)[C@@H]1CCCC[C@@H]1C(=O)O)C1CCCCCC1. The summed E-state index contributed by atoms with van der Waals surface area (Å²) in [5.74, 6) is -1.09. The number of carboxylic acids is 1. The molecule has 2 saturated carbocycles. The standard InChI is InChI=1S/C17H29NO3/c1-12(13-8-4-2-3-5-9-13)18-16(19)14-10-6-7-11-15(14)17(20)21/h12-15H,2-11H2,1H3,(H,18,19)(H,20,21)/t12-,14-,15+/m1/s1. The van der Waals surface area contributed by atoms with Crippen molar-refractivity contribution in [2.24, 2.45) is 17.8 Å². The predicted octanol–water partition coefficient (Wildman–Crippen LogP) is 3.35. The summed E-state index contributed by atoms with van der Waals surface area (Å²) >= 11 is 0. The van der Waals surface area contributed by atoms with E-state index in [-0.39, 0.29) is 17.9 Å². The van der Waals surface area contributed by atoms with Crippen LogP contribution in [0, 0.1) is 17.8 Å². The van der Waals surface area contributed by atoms with Crippen LogP contribution < -0.4 is 5.32 Å². The van der Waals surface area contributed by atoms with Gasteiger partial charge < -0.3 is 10.4 Å². The summed E-state index contributed by atoms with van der Waals surface area (Å²) < 4.78 is 0. The average Bonchev–Trinajstić information content (AvgIpc) is 2.76. The first-order valence-electron chi connectivity index (χ1n) is 8.62. The molecule has 0 aliphatic heterocycles. The molecule has 4 nitrogen and oxygen atoms in total. The molecule has 0 unspecified atom stereocenters. The lowest BCUT2D eigenvalue weighted by molar-refractivity contribution is -0.149. The summed E-state index contributed by atoms with van der Waals surface area (Å²) in [7, 11) is 0. The van der Waals surface area contributed by atoms with Crippen LogP contribution >= 0.6 is 0 Å². The number of rotatable bonds is 4. The molecule has 0 radical (unpaired) electrons. The Morgan fingerprint density at radius 1 is 0.905 bits per heavy atom. The fraction of sp³-hybridized carbons (Fsp3) is 0.882. The van der Waals surface area contributed by atoms with Crippen molar-refractivity contribution in [3.63, 3.8) is 0 Å². The Morgan fingerprint density at radius 2 is 1.43 bits per heavy atom. The number of hydrogen-bond donors (Lipinski definition) is 2. The van der Waals surface area contributed by atoms with Gasteiger partial charge in [0.15, 0.2) is 0 Å². The van der Waals surface area contributed by atoms with Crippen molar-refractivity contribution < 1.29 is 14.7 Å². The molecule has 0 aromatic carbocycles. The van der Waals surface area contributed by atoms with Crippen molar-refractivity contribution in [3.05, 3.63) is 0 Å². The van der Waals surface area contributed by atoms with Crippen molar-refractivity contribution in [1.29, 1.82) is 0 Å². The smallest absolute Gasteiger partial charge is 0.307 e. The van der Waals surface area contributed by atoms with Gasteiger partial charge in [0.05, 0.1) is 11.8 Å². The molecule has 120 valence electrons. The lowest BCUT2D eigenvalue weighted by Gasteiger charge is -2.30. The number of aliphatic carboxylic acids is 1. The minimum atomic E-state index is -0.808. The monoisotopic (exact) mass is 295 g/mol. The Morgan fingerprint density at radius 3 is 2.00 bits per heavy atom. The first-order valence-corrected chi connectivity index (χ1v) is 8.62. The minimum absolute atomic E-state index is 0.0288. The van der Waals surface area contributed by atoms with Gasteiger partial charge in [0.1, 0.15) is 0 Å². The van der Waals surface area contributed by atoms with E-state index in [1.165, 1.54) is 38.5 Å². The Hall–Kier alpha value is -1.06. The number of nitrogens with one attached hydrogen (secondary N) is 1. The van der Waals surface area contributed by atoms with E-state index >= 15 is 0 Å². The van der Waals surface area contributed by atoms with E-state index in [1.807, 2.05) is 0 Å². The van der Waals surface area contributed by atoms with Gasteiger partial charge in [0.2, 0.25) is 5.91 Å². The van der Waals surface area contributed by atoms with Gasteiger partial charge in [-0.3, -0.25) is 9.59 Å². The van der Waals surface area contributed by atoms with Crippen LogP contribution in [-0.2, 0) is 9.59 Å². The number of hydrogen-bond acceptors (Lipinski definition) is 2. The van der Waals surface area contributed by atoms with E-state index in [4.69, 9.17) is 0 Å². The molecule has 3 atom stereocenters. The summed E-state index contributed by atoms with van der Waals surface area (Å²) in [6.07, 6.45) is 10.8. The molecular weight excluding hydrogens is 266 g/mol. The first-order chi connectivity index (χ1) is 10.1. The molecule has 2 fully saturated rings. The van der Waals surface area contributed by atoms with Crippen LogP contribution in [0.3, 0.4) is 0 Å². The van der Waals surface area contributed by atoms with Gasteiger partial charge >= 0.3 is 5.97 Å². The second-order valence-electron chi connectivity index (χ2n) is 6.88. The number of amides is 1. The van der Waals surface area contributed by atoms with Crippen molar-refractivity contribution >= 4 is 11.9 Å². The summed E-state index contributed by atoms with van der Waals surface area (Å²) in [5.41, 5.74) is 0. The molecule has 0 heterocycles. The third-order valence-corrected chi connectivity index (χ3v) is 5.40. The maximum absolute atomic E-state index is 12.5. The molecule has 0 spiro atoms. The maximum atomic E-state index is 12.5. The predicted molar refractivity (Wildman–Crippen MR) is 81.9 cm³/mol. The molecular formula is C17H29NO3. The number of carbonyl (C=O) groups excluding carboxylic acids is 1. The quantitative estimate of drug-likeness (QED) is 0.782. The van der Waals surface area contributed by atoms with Crippen molar-refractivity contribution in [1.82, 2.24) is 5.32 Å². The van der Waals surface area contributed by atoms with E-state index < -0.39 is 11.9 Å². The highest BCUT2D eigenvalue weighted by molar-refractivity contribution is 5.85. The van der Waals surface area contributed by atoms with Gasteiger partial charge in [-0.15, -0.1) is 0 Å². The Bertz CT molecular complexity index is 361. The minimum Gasteiger partial charge on any atom is -0.481 e. The normalized spacial score (nSPS) is 29.4. The van der Waals surface area contributed by atoms with E-state index in [0.29, 0.717) is 12.3 Å². The molecule has 2 rings (SSSR count). The Kier molecular flexibility index (Phi) is 6.07. The third-order valence-electron chi connectivity index (χ3n) is 5.40. The van der Waals surface area contributed by atoms with Gasteiger partial charge in [-0.25, -0.2) is 0 Å². The summed E-state index contributed by atoms with van der Waals surface area (Å²) in [6.45, 7) is 2.09. The van der Waals surface area contributed by atoms with Crippen LogP contribution in [0.15, 0.2) is 0 Å². The number of carboxylic acid groups (broad SMARTS) is 1. The molecule has 0 aromatic heterocycles. The Labute approximate surface area is 127 Å². The van der Waals surface area contributed by atoms with Crippen LogP contribution in [0.4, 0.5) is 0 Å². The molecule has 1 amide bonds. The molecule has 21 heavy (non-hydrogen) atoms. The second-order valence-corrected chi connectivity index (χ2v) is 6.88. The average molecular weight is 295 g/mol. The molecule has 2 aliphatic carbocycles. The molecule has 0 saturated heterocycles. The summed E-state index contributed by atoms with van der Waals surface area (Å²) in [4.78, 5) is 23.8. The summed E-state index contributed by atoms with van der Waals surface area (Å²) in [6, 6.07) is 0.173. The van der Waals surface area contributed by atoms with Gasteiger partial charge in [0, 0.05) is 6.04 Å². The highest BCUT2D eigenvalue weighted by Gasteiger charge is 2.36. The fourth-order valence-corrected chi connectivity index (χ4v) is 4.00. The topological polar surface area (TPSA) is 66.4 Å². The van der Waals surface area contributed by atoms with E-state index in [2.05, 4.69) is 12.2 Å². The molecule has 2 N–H and O–H groups in total. The fourth-order valence-electron chi connectivity index (χ4n) is 4.00. The van der Waals surface area contributed by atoms with Gasteiger partial charge in [-0.05, 0) is 38.5 Å².